The van der Waals surface area contributed by atoms with Crippen LogP contribution in [0.4, 0.5) is 5.69 Å². The number of nitrogens with zero attached hydrogens (tertiary/aromatic N) is 5. The van der Waals surface area contributed by atoms with Crippen molar-refractivity contribution in [1.82, 2.24) is 23.3 Å². The molecule has 1 aromatic carbocycles. The fourth-order valence-corrected chi connectivity index (χ4v) is 3.01. The Hall–Kier alpha value is -2.87. The maximum Gasteiger partial charge on any atom is 0.276 e. The Morgan fingerprint density at radius 1 is 1.16 bits per heavy atom. The van der Waals surface area contributed by atoms with E-state index in [-0.39, 0.29) is 11.3 Å². The first-order valence-corrected chi connectivity index (χ1v) is 8.54. The van der Waals surface area contributed by atoms with Gasteiger partial charge in [-0.3, -0.25) is 4.79 Å². The zero-order valence-corrected chi connectivity index (χ0v) is 14.8. The van der Waals surface area contributed by atoms with Crippen LogP contribution in [0.3, 0.4) is 0 Å². The van der Waals surface area contributed by atoms with E-state index < -0.39 is 0 Å². The number of imidazole rings is 1. The van der Waals surface area contributed by atoms with Crippen molar-refractivity contribution in [3.63, 3.8) is 0 Å². The molecule has 0 saturated carbocycles. The molecule has 25 heavy (non-hydrogen) atoms. The second-order valence-electron chi connectivity index (χ2n) is 6.79. The van der Waals surface area contributed by atoms with Gasteiger partial charge in [0, 0.05) is 5.41 Å². The molecule has 0 bridgehead atoms. The molecule has 4 rings (SSSR count). The second kappa shape index (κ2) is 5.59. The maximum absolute atomic E-state index is 12.6. The van der Waals surface area contributed by atoms with E-state index in [0.29, 0.717) is 22.5 Å². The number of hydrogen-bond donors (Lipinski definition) is 1. The van der Waals surface area contributed by atoms with E-state index >= 15 is 0 Å². The van der Waals surface area contributed by atoms with E-state index in [2.05, 4.69) is 44.9 Å². The van der Waals surface area contributed by atoms with Crippen LogP contribution in [-0.4, -0.2) is 29.3 Å². The lowest BCUT2D eigenvalue weighted by Crippen LogP contribution is -2.15. The van der Waals surface area contributed by atoms with Crippen LogP contribution in [0.1, 0.15) is 37.0 Å². The molecule has 0 fully saturated rings. The number of nitrogens with one attached hydrogen (secondary N) is 1. The molecule has 0 spiro atoms. The molecule has 7 nitrogen and oxygen atoms in total. The van der Waals surface area contributed by atoms with Crippen LogP contribution in [0.2, 0.25) is 0 Å². The summed E-state index contributed by atoms with van der Waals surface area (Å²) in [6.07, 6.45) is 1.86. The van der Waals surface area contributed by atoms with Gasteiger partial charge in [-0.05, 0) is 24.3 Å². The fourth-order valence-electron chi connectivity index (χ4n) is 2.46. The number of carbonyl (C=O) groups is 1. The molecule has 4 aromatic rings. The molecule has 0 aliphatic rings. The Balaban J connectivity index is 1.67. The quantitative estimate of drug-likeness (QED) is 0.598. The summed E-state index contributed by atoms with van der Waals surface area (Å²) in [5.41, 5.74) is 3.94. The van der Waals surface area contributed by atoms with Crippen molar-refractivity contribution in [2.45, 2.75) is 26.2 Å². The molecule has 0 unspecified atom stereocenters. The highest BCUT2D eigenvalue weighted by molar-refractivity contribution is 7.00. The summed E-state index contributed by atoms with van der Waals surface area (Å²) in [5.74, 6) is -0.298. The summed E-state index contributed by atoms with van der Waals surface area (Å²) in [5, 5.41) is 7.24. The summed E-state index contributed by atoms with van der Waals surface area (Å²) in [6, 6.07) is 8.96. The lowest BCUT2D eigenvalue weighted by atomic mass is 9.93. The molecule has 0 saturated heterocycles. The third-order valence-corrected chi connectivity index (χ3v) is 4.40. The van der Waals surface area contributed by atoms with Crippen molar-refractivity contribution in [3.05, 3.63) is 47.9 Å². The number of fused-ring (bicyclic) bond motifs is 2. The number of benzene rings is 1. The van der Waals surface area contributed by atoms with Crippen LogP contribution < -0.4 is 5.32 Å². The van der Waals surface area contributed by atoms with Crippen molar-refractivity contribution >= 4 is 40.0 Å². The minimum atomic E-state index is -0.298. The van der Waals surface area contributed by atoms with Crippen molar-refractivity contribution in [2.24, 2.45) is 0 Å². The molecule has 0 aliphatic heterocycles. The minimum absolute atomic E-state index is 0.0800. The summed E-state index contributed by atoms with van der Waals surface area (Å²) in [4.78, 5) is 17.1. The number of anilines is 1. The van der Waals surface area contributed by atoms with E-state index in [0.717, 1.165) is 22.9 Å². The highest BCUT2D eigenvalue weighted by Gasteiger charge is 2.19. The Morgan fingerprint density at radius 3 is 2.80 bits per heavy atom. The van der Waals surface area contributed by atoms with E-state index in [4.69, 9.17) is 0 Å². The highest BCUT2D eigenvalue weighted by Crippen LogP contribution is 2.23. The van der Waals surface area contributed by atoms with Crippen LogP contribution in [0.25, 0.3) is 16.7 Å². The molecular formula is C17H16N6OS. The molecular weight excluding hydrogens is 336 g/mol. The Labute approximate surface area is 148 Å². The van der Waals surface area contributed by atoms with Gasteiger partial charge in [-0.1, -0.05) is 26.8 Å². The normalized spacial score (nSPS) is 12.0. The predicted molar refractivity (Wildman–Crippen MR) is 97.1 cm³/mol. The van der Waals surface area contributed by atoms with Gasteiger partial charge >= 0.3 is 0 Å². The Morgan fingerprint density at radius 2 is 2.00 bits per heavy atom. The first kappa shape index (κ1) is 15.6. The number of carbonyl (C=O) groups excluding carboxylic acids is 1. The first-order valence-electron chi connectivity index (χ1n) is 7.81. The van der Waals surface area contributed by atoms with Gasteiger partial charge in [0.1, 0.15) is 16.7 Å². The largest absolute Gasteiger partial charge is 0.319 e. The summed E-state index contributed by atoms with van der Waals surface area (Å²) >= 11 is 1.12. The van der Waals surface area contributed by atoms with Gasteiger partial charge in [-0.15, -0.1) is 0 Å². The van der Waals surface area contributed by atoms with Crippen molar-refractivity contribution in [2.75, 3.05) is 5.32 Å². The number of rotatable bonds is 2. The third kappa shape index (κ3) is 2.85. The molecule has 8 heteroatoms. The predicted octanol–water partition coefficient (Wildman–Crippen LogP) is 3.28. The van der Waals surface area contributed by atoms with Gasteiger partial charge in [-0.25, -0.2) is 9.50 Å². The fraction of sp³-hybridized carbons (Fsp3) is 0.235. The Bertz CT molecular complexity index is 1090. The first-order chi connectivity index (χ1) is 11.9. The van der Waals surface area contributed by atoms with Crippen molar-refractivity contribution in [1.29, 1.82) is 0 Å². The number of aromatic nitrogens is 5. The topological polar surface area (TPSA) is 85.1 Å². The van der Waals surface area contributed by atoms with E-state index in [9.17, 15) is 4.79 Å². The van der Waals surface area contributed by atoms with Gasteiger partial charge in [0.05, 0.1) is 29.3 Å². The molecule has 0 atom stereocenters. The van der Waals surface area contributed by atoms with Crippen LogP contribution >= 0.6 is 11.7 Å². The van der Waals surface area contributed by atoms with Crippen molar-refractivity contribution in [3.8, 4) is 0 Å². The average molecular weight is 352 g/mol. The van der Waals surface area contributed by atoms with E-state index in [1.54, 1.807) is 22.7 Å². The monoisotopic (exact) mass is 352 g/mol. The lowest BCUT2D eigenvalue weighted by molar-refractivity contribution is 0.102. The standard InChI is InChI=1S/C17H16N6OS/c1-17(2,3)13-9-23-14(19-13)8-7-12(20-23)16(24)18-10-5-4-6-11-15(10)22-25-21-11/h4-9H,1-3H3,(H,18,24). The SMILES string of the molecule is CC(C)(C)c1cn2nc(C(=O)Nc3cccc4nsnc34)ccc2n1. The van der Waals surface area contributed by atoms with Gasteiger partial charge < -0.3 is 5.32 Å². The number of hydrogen-bond acceptors (Lipinski definition) is 6. The van der Waals surface area contributed by atoms with Crippen molar-refractivity contribution < 1.29 is 4.79 Å². The Kier molecular flexibility index (Phi) is 3.50. The van der Waals surface area contributed by atoms with Crippen LogP contribution in [0, 0.1) is 0 Å². The van der Waals surface area contributed by atoms with Gasteiger partial charge in [0.15, 0.2) is 5.65 Å². The molecule has 0 aliphatic carbocycles. The minimum Gasteiger partial charge on any atom is -0.319 e. The van der Waals surface area contributed by atoms with Gasteiger partial charge in [0.25, 0.3) is 5.91 Å². The van der Waals surface area contributed by atoms with Gasteiger partial charge in [-0.2, -0.15) is 13.8 Å². The summed E-state index contributed by atoms with van der Waals surface area (Å²) in [6.45, 7) is 6.26. The zero-order valence-electron chi connectivity index (χ0n) is 14.0. The van der Waals surface area contributed by atoms with E-state index in [1.807, 2.05) is 18.3 Å². The molecule has 0 radical (unpaired) electrons. The molecule has 1 N–H and O–H groups in total. The molecule has 3 heterocycles. The van der Waals surface area contributed by atoms with E-state index in [1.165, 1.54) is 0 Å². The highest BCUT2D eigenvalue weighted by atomic mass is 32.1. The second-order valence-corrected chi connectivity index (χ2v) is 7.32. The smallest absolute Gasteiger partial charge is 0.276 e. The van der Waals surface area contributed by atoms with Crippen LogP contribution in [-0.2, 0) is 5.41 Å². The molecule has 1 amide bonds. The third-order valence-electron chi connectivity index (χ3n) is 3.86. The van der Waals surface area contributed by atoms with Crippen LogP contribution in [0.5, 0.6) is 0 Å². The van der Waals surface area contributed by atoms with Crippen LogP contribution in [0.15, 0.2) is 36.5 Å². The average Bonchev–Trinajstić information content (AvgIpc) is 3.20. The summed E-state index contributed by atoms with van der Waals surface area (Å²) in [7, 11) is 0. The maximum atomic E-state index is 12.6. The zero-order chi connectivity index (χ0) is 17.6. The number of amides is 1. The molecule has 3 aromatic heterocycles. The molecule has 126 valence electrons. The summed E-state index contributed by atoms with van der Waals surface area (Å²) < 4.78 is 10.0. The lowest BCUT2D eigenvalue weighted by Gasteiger charge is -2.13. The van der Waals surface area contributed by atoms with Gasteiger partial charge in [0.2, 0.25) is 0 Å².